The van der Waals surface area contributed by atoms with Gasteiger partial charge in [-0.15, -0.1) is 0 Å². The van der Waals surface area contributed by atoms with E-state index in [1.807, 2.05) is 31.3 Å². The van der Waals surface area contributed by atoms with Gasteiger partial charge in [0.2, 0.25) is 5.91 Å². The monoisotopic (exact) mass is 263 g/mol. The smallest absolute Gasteiger partial charge is 0.238 e. The molecule has 5 nitrogen and oxygen atoms in total. The lowest BCUT2D eigenvalue weighted by atomic mass is 10.2. The lowest BCUT2D eigenvalue weighted by Crippen LogP contribution is -2.39. The molecule has 0 radical (unpaired) electrons. The molecule has 1 unspecified atom stereocenters. The molecule has 1 amide bonds. The maximum atomic E-state index is 12.0. The maximum absolute atomic E-state index is 12.0. The van der Waals surface area contributed by atoms with Crippen LogP contribution in [0.25, 0.3) is 0 Å². The molecular formula is C14H21N3O2. The van der Waals surface area contributed by atoms with Crippen molar-refractivity contribution in [3.8, 4) is 5.75 Å². The molecule has 2 N–H and O–H groups in total. The third-order valence-electron chi connectivity index (χ3n) is 3.43. The van der Waals surface area contributed by atoms with Crippen LogP contribution in [0.2, 0.25) is 0 Å². The third-order valence-corrected chi connectivity index (χ3v) is 3.43. The summed E-state index contributed by atoms with van der Waals surface area (Å²) in [5, 5.41) is 6.19. The highest BCUT2D eigenvalue weighted by molar-refractivity contribution is 5.93. The van der Waals surface area contributed by atoms with Crippen LogP contribution in [0.5, 0.6) is 5.75 Å². The summed E-state index contributed by atoms with van der Waals surface area (Å²) in [6, 6.07) is 7.88. The summed E-state index contributed by atoms with van der Waals surface area (Å²) in [6.45, 7) is 2.38. The van der Waals surface area contributed by atoms with Crippen molar-refractivity contribution < 1.29 is 9.53 Å². The van der Waals surface area contributed by atoms with Crippen molar-refractivity contribution in [2.75, 3.05) is 39.1 Å². The summed E-state index contributed by atoms with van der Waals surface area (Å²) in [7, 11) is 3.58. The number of benzene rings is 1. The van der Waals surface area contributed by atoms with Crippen LogP contribution >= 0.6 is 0 Å². The predicted octanol–water partition coefficient (Wildman–Crippen LogP) is 0.927. The Hall–Kier alpha value is -1.59. The number of methoxy groups -OCH3 is 1. The Kier molecular flexibility index (Phi) is 4.76. The zero-order valence-electron chi connectivity index (χ0n) is 11.5. The second-order valence-corrected chi connectivity index (χ2v) is 4.81. The van der Waals surface area contributed by atoms with E-state index in [1.165, 1.54) is 0 Å². The summed E-state index contributed by atoms with van der Waals surface area (Å²) in [4.78, 5) is 14.1. The number of rotatable bonds is 5. The summed E-state index contributed by atoms with van der Waals surface area (Å²) in [6.07, 6.45) is 1.10. The van der Waals surface area contributed by atoms with Gasteiger partial charge in [-0.05, 0) is 32.1 Å². The van der Waals surface area contributed by atoms with Gasteiger partial charge in [0.25, 0.3) is 0 Å². The summed E-state index contributed by atoms with van der Waals surface area (Å²) >= 11 is 0. The van der Waals surface area contributed by atoms with Crippen LogP contribution in [0.4, 0.5) is 5.69 Å². The lowest BCUT2D eigenvalue weighted by molar-refractivity contribution is -0.117. The largest absolute Gasteiger partial charge is 0.495 e. The zero-order chi connectivity index (χ0) is 13.7. The number of para-hydroxylation sites is 2. The molecule has 1 fully saturated rings. The van der Waals surface area contributed by atoms with Crippen LogP contribution in [-0.2, 0) is 4.79 Å². The fraction of sp³-hybridized carbons (Fsp3) is 0.500. The lowest BCUT2D eigenvalue weighted by Gasteiger charge is -2.22. The molecule has 0 aromatic heterocycles. The Bertz CT molecular complexity index is 430. The molecule has 1 aliphatic rings. The molecule has 5 heteroatoms. The highest BCUT2D eigenvalue weighted by atomic mass is 16.5. The number of ether oxygens (including phenoxy) is 1. The first kappa shape index (κ1) is 13.8. The first-order chi connectivity index (χ1) is 9.20. The highest BCUT2D eigenvalue weighted by Gasteiger charge is 2.21. The third kappa shape index (κ3) is 3.68. The second-order valence-electron chi connectivity index (χ2n) is 4.81. The number of likely N-dealkylation sites (N-methyl/N-ethyl adjacent to an activating group) is 1. The minimum Gasteiger partial charge on any atom is -0.495 e. The molecule has 2 rings (SSSR count). The van der Waals surface area contributed by atoms with Gasteiger partial charge < -0.3 is 15.4 Å². The van der Waals surface area contributed by atoms with Crippen molar-refractivity contribution in [3.63, 3.8) is 0 Å². The molecule has 0 bridgehead atoms. The molecular weight excluding hydrogens is 242 g/mol. The van der Waals surface area contributed by atoms with Gasteiger partial charge in [0.05, 0.1) is 19.3 Å². The molecule has 0 spiro atoms. The molecule has 1 aliphatic heterocycles. The van der Waals surface area contributed by atoms with E-state index < -0.39 is 0 Å². The van der Waals surface area contributed by atoms with Gasteiger partial charge in [-0.2, -0.15) is 0 Å². The number of hydrogen-bond acceptors (Lipinski definition) is 4. The molecule has 104 valence electrons. The summed E-state index contributed by atoms with van der Waals surface area (Å²) < 4.78 is 5.21. The van der Waals surface area contributed by atoms with Crippen LogP contribution in [0.1, 0.15) is 6.42 Å². The van der Waals surface area contributed by atoms with Crippen LogP contribution in [0, 0.1) is 0 Å². The number of amides is 1. The van der Waals surface area contributed by atoms with Crippen molar-refractivity contribution >= 4 is 11.6 Å². The number of carbonyl (C=O) groups excluding carboxylic acids is 1. The van der Waals surface area contributed by atoms with Crippen molar-refractivity contribution in [1.82, 2.24) is 10.2 Å². The summed E-state index contributed by atoms with van der Waals surface area (Å²) in [5.41, 5.74) is 0.716. The average molecular weight is 263 g/mol. The molecule has 1 saturated heterocycles. The number of anilines is 1. The van der Waals surface area contributed by atoms with E-state index in [9.17, 15) is 4.79 Å². The Morgan fingerprint density at radius 2 is 2.32 bits per heavy atom. The maximum Gasteiger partial charge on any atom is 0.238 e. The predicted molar refractivity (Wildman–Crippen MR) is 75.5 cm³/mol. The Morgan fingerprint density at radius 1 is 1.53 bits per heavy atom. The van der Waals surface area contributed by atoms with Crippen molar-refractivity contribution in [3.05, 3.63) is 24.3 Å². The molecule has 1 heterocycles. The number of nitrogens with zero attached hydrogens (tertiary/aromatic N) is 1. The Labute approximate surface area is 113 Å². The highest BCUT2D eigenvalue weighted by Crippen LogP contribution is 2.22. The van der Waals surface area contributed by atoms with Crippen LogP contribution in [0.3, 0.4) is 0 Å². The molecule has 1 atom stereocenters. The Morgan fingerprint density at radius 3 is 3.00 bits per heavy atom. The quantitative estimate of drug-likeness (QED) is 0.830. The van der Waals surface area contributed by atoms with Gasteiger partial charge in [-0.25, -0.2) is 0 Å². The van der Waals surface area contributed by atoms with Crippen molar-refractivity contribution in [2.24, 2.45) is 0 Å². The minimum atomic E-state index is -0.0149. The van der Waals surface area contributed by atoms with Gasteiger partial charge in [0.15, 0.2) is 0 Å². The van der Waals surface area contributed by atoms with Gasteiger partial charge in [0, 0.05) is 12.6 Å². The van der Waals surface area contributed by atoms with Crippen molar-refractivity contribution in [2.45, 2.75) is 12.5 Å². The van der Waals surface area contributed by atoms with E-state index in [0.29, 0.717) is 24.0 Å². The van der Waals surface area contributed by atoms with Crippen molar-refractivity contribution in [1.29, 1.82) is 0 Å². The van der Waals surface area contributed by atoms with E-state index in [0.717, 1.165) is 19.5 Å². The fourth-order valence-corrected chi connectivity index (χ4v) is 2.31. The van der Waals surface area contributed by atoms with E-state index >= 15 is 0 Å². The van der Waals surface area contributed by atoms with Crippen LogP contribution in [-0.4, -0.2) is 50.6 Å². The molecule has 0 aliphatic carbocycles. The number of carbonyl (C=O) groups is 1. The topological polar surface area (TPSA) is 53.6 Å². The summed E-state index contributed by atoms with van der Waals surface area (Å²) in [5.74, 6) is 0.667. The first-order valence-corrected chi connectivity index (χ1v) is 6.54. The zero-order valence-corrected chi connectivity index (χ0v) is 11.5. The van der Waals surface area contributed by atoms with Gasteiger partial charge in [-0.1, -0.05) is 12.1 Å². The fourth-order valence-electron chi connectivity index (χ4n) is 2.31. The molecule has 1 aromatic carbocycles. The van der Waals surface area contributed by atoms with E-state index in [2.05, 4.69) is 15.5 Å². The van der Waals surface area contributed by atoms with Crippen LogP contribution in [0.15, 0.2) is 24.3 Å². The van der Waals surface area contributed by atoms with Gasteiger partial charge in [0.1, 0.15) is 5.75 Å². The average Bonchev–Trinajstić information content (AvgIpc) is 2.93. The molecule has 19 heavy (non-hydrogen) atoms. The number of hydrogen-bond donors (Lipinski definition) is 2. The van der Waals surface area contributed by atoms with Gasteiger partial charge in [-0.3, -0.25) is 9.69 Å². The Balaban J connectivity index is 1.89. The van der Waals surface area contributed by atoms with E-state index in [-0.39, 0.29) is 5.91 Å². The SMILES string of the molecule is COc1ccccc1NC(=O)CN(C)C1CCNC1. The minimum absolute atomic E-state index is 0.0149. The number of nitrogens with one attached hydrogen (secondary N) is 2. The van der Waals surface area contributed by atoms with E-state index in [4.69, 9.17) is 4.74 Å². The standard InChI is InChI=1S/C14H21N3O2/c1-17(11-7-8-15-9-11)10-14(18)16-12-5-3-4-6-13(12)19-2/h3-6,11,15H,7-10H2,1-2H3,(H,16,18). The normalized spacial score (nSPS) is 18.6. The van der Waals surface area contributed by atoms with E-state index in [1.54, 1.807) is 7.11 Å². The first-order valence-electron chi connectivity index (χ1n) is 6.54. The van der Waals surface area contributed by atoms with Gasteiger partial charge >= 0.3 is 0 Å². The molecule has 0 saturated carbocycles. The van der Waals surface area contributed by atoms with Crippen LogP contribution < -0.4 is 15.4 Å². The molecule has 1 aromatic rings. The second kappa shape index (κ2) is 6.54.